The molecule has 1 amide bonds. The number of amides is 1. The first-order valence-corrected chi connectivity index (χ1v) is 30.7. The summed E-state index contributed by atoms with van der Waals surface area (Å²) in [6.45, 7) is 5.23. The van der Waals surface area contributed by atoms with Crippen LogP contribution in [0.4, 0.5) is 0 Å². The average molecular weight is 1150 g/mol. The third-order valence-corrected chi connectivity index (χ3v) is 16.2. The molecule has 4 saturated heterocycles. The Labute approximate surface area is 476 Å². The second-order valence-electron chi connectivity index (χ2n) is 22.9. The van der Waals surface area contributed by atoms with E-state index in [-0.39, 0.29) is 18.9 Å². The molecule has 22 atom stereocenters. The van der Waals surface area contributed by atoms with Crippen molar-refractivity contribution >= 4 is 5.91 Å². The van der Waals surface area contributed by atoms with Gasteiger partial charge in [-0.15, -0.1) is 0 Å². The van der Waals surface area contributed by atoms with E-state index in [4.69, 9.17) is 43.6 Å². The molecular formula is C58H108N2O20. The quantitative estimate of drug-likeness (QED) is 0.0310. The van der Waals surface area contributed by atoms with Crippen LogP contribution in [0.5, 0.6) is 0 Å². The van der Waals surface area contributed by atoms with Crippen molar-refractivity contribution in [3.05, 3.63) is 12.2 Å². The molecule has 4 heterocycles. The van der Waals surface area contributed by atoms with Crippen LogP contribution in [0.25, 0.3) is 0 Å². The number of aliphatic hydroxyl groups excluding tert-OH is 11. The lowest BCUT2D eigenvalue weighted by Gasteiger charge is -2.50. The highest BCUT2D eigenvalue weighted by molar-refractivity contribution is 5.76. The normalized spacial score (nSPS) is 35.9. The first-order chi connectivity index (χ1) is 38.5. The Morgan fingerprint density at radius 3 is 1.40 bits per heavy atom. The topological polar surface area (TPSA) is 351 Å². The van der Waals surface area contributed by atoms with Crippen LogP contribution in [0.2, 0.25) is 0 Å². The Bertz CT molecular complexity index is 1640. The van der Waals surface area contributed by atoms with Crippen molar-refractivity contribution in [1.82, 2.24) is 5.32 Å². The third kappa shape index (κ3) is 23.0. The minimum absolute atomic E-state index is 0.220. The molecule has 0 saturated carbocycles. The van der Waals surface area contributed by atoms with E-state index in [0.717, 1.165) is 44.9 Å². The van der Waals surface area contributed by atoms with Gasteiger partial charge in [-0.1, -0.05) is 167 Å². The molecule has 0 bridgehead atoms. The van der Waals surface area contributed by atoms with Crippen molar-refractivity contribution < 1.29 is 98.9 Å². The number of allylic oxidation sites excluding steroid dienone is 1. The number of aliphatic hydroxyl groups is 11. The molecule has 14 unspecified atom stereocenters. The Morgan fingerprint density at radius 1 is 0.500 bits per heavy atom. The minimum Gasteiger partial charge on any atom is -0.394 e. The molecule has 0 aromatic carbocycles. The molecule has 22 heteroatoms. The summed E-state index contributed by atoms with van der Waals surface area (Å²) in [6, 6.07) is -2.46. The van der Waals surface area contributed by atoms with E-state index in [0.29, 0.717) is 12.8 Å². The predicted molar refractivity (Wildman–Crippen MR) is 295 cm³/mol. The van der Waals surface area contributed by atoms with Gasteiger partial charge in [0.05, 0.1) is 50.2 Å². The monoisotopic (exact) mass is 1150 g/mol. The summed E-state index contributed by atoms with van der Waals surface area (Å²) in [5.74, 6) is -0.293. The van der Waals surface area contributed by atoms with E-state index in [1.165, 1.54) is 117 Å². The van der Waals surface area contributed by atoms with Gasteiger partial charge in [-0.05, 0) is 33.1 Å². The fraction of sp³-hybridized carbons (Fsp3) is 0.948. The van der Waals surface area contributed by atoms with Gasteiger partial charge in [0.1, 0.15) is 79.4 Å². The molecule has 0 aromatic heterocycles. The van der Waals surface area contributed by atoms with E-state index >= 15 is 0 Å². The SMILES string of the molecule is CCCCCCCCCCCCC/C=C/C(O)C(CO[C@@H]1OC(CO)[C@H](O[C@@H]2OC(CO)[C@H](O)C(O)C2O[C@@H]2OC(C)[C@@H](O)C(O)C2O)C(O[C@@H]2OC(C)[C@@H](O)C(O)C2O)C1N)NC(=O)CCCCCCCCCCCCCCC. The van der Waals surface area contributed by atoms with Gasteiger partial charge in [0.25, 0.3) is 0 Å². The van der Waals surface area contributed by atoms with Gasteiger partial charge in [0.15, 0.2) is 25.2 Å². The molecule has 4 aliphatic heterocycles. The Kier molecular flexibility index (Phi) is 34.7. The summed E-state index contributed by atoms with van der Waals surface area (Å²) in [6.07, 6.45) is 0.493. The van der Waals surface area contributed by atoms with Crippen molar-refractivity contribution in [2.75, 3.05) is 19.8 Å². The highest BCUT2D eigenvalue weighted by Crippen LogP contribution is 2.35. The van der Waals surface area contributed by atoms with Gasteiger partial charge in [0.2, 0.25) is 5.91 Å². The maximum Gasteiger partial charge on any atom is 0.220 e. The molecule has 0 spiro atoms. The van der Waals surface area contributed by atoms with Crippen molar-refractivity contribution in [2.24, 2.45) is 5.73 Å². The standard InChI is InChI=1S/C58H108N2O20/c1-5-7-9-11-13-15-17-19-21-23-25-27-29-31-39(63)38(60-42(64)32-30-28-26-24-22-20-18-16-14-12-10-8-6-2)35-73-55-43(59)53(79-56-50(71)47(68)44(65)36(3)74-56)52(41(34-62)77-55)78-58-54(49(70)46(67)40(33-61)76-58)80-57-51(72)48(69)45(66)37(4)75-57/h29,31,36-41,43-58,61-63,65-72H,5-28,30,32-35,59H2,1-4H3,(H,60,64)/b31-29+/t36?,37?,38?,39?,40?,41?,43?,44-,45-,46+,47?,48?,49?,50?,51?,52+,53?,54?,55-,56+,57+,58+/m1/s1. The zero-order valence-electron chi connectivity index (χ0n) is 48.5. The van der Waals surface area contributed by atoms with Crippen LogP contribution in [0, 0.1) is 0 Å². The van der Waals surface area contributed by atoms with Gasteiger partial charge >= 0.3 is 0 Å². The van der Waals surface area contributed by atoms with Gasteiger partial charge in [-0.3, -0.25) is 4.79 Å². The number of hydrogen-bond donors (Lipinski definition) is 13. The van der Waals surface area contributed by atoms with Gasteiger partial charge < -0.3 is 105 Å². The first kappa shape index (κ1) is 70.9. The molecule has 22 nitrogen and oxygen atoms in total. The molecular weight excluding hydrogens is 1040 g/mol. The summed E-state index contributed by atoms with van der Waals surface area (Å²) < 4.78 is 48.4. The summed E-state index contributed by atoms with van der Waals surface area (Å²) >= 11 is 0. The molecule has 4 fully saturated rings. The number of carbonyl (C=O) groups excluding carboxylic acids is 1. The van der Waals surface area contributed by atoms with Gasteiger partial charge in [-0.2, -0.15) is 0 Å². The molecule has 470 valence electrons. The molecule has 0 radical (unpaired) electrons. The fourth-order valence-electron chi connectivity index (χ4n) is 10.9. The van der Waals surface area contributed by atoms with Crippen molar-refractivity contribution in [3.63, 3.8) is 0 Å². The van der Waals surface area contributed by atoms with Crippen LogP contribution in [0.3, 0.4) is 0 Å². The first-order valence-electron chi connectivity index (χ1n) is 30.7. The smallest absolute Gasteiger partial charge is 0.220 e. The second-order valence-corrected chi connectivity index (χ2v) is 22.9. The second kappa shape index (κ2) is 39.2. The highest BCUT2D eigenvalue weighted by Gasteiger charge is 2.55. The van der Waals surface area contributed by atoms with Crippen LogP contribution in [-0.2, 0) is 42.7 Å². The van der Waals surface area contributed by atoms with E-state index in [1.54, 1.807) is 6.08 Å². The lowest BCUT2D eigenvalue weighted by atomic mass is 9.94. The largest absolute Gasteiger partial charge is 0.394 e. The van der Waals surface area contributed by atoms with Crippen molar-refractivity contribution in [1.29, 1.82) is 0 Å². The van der Waals surface area contributed by atoms with Gasteiger partial charge in [-0.25, -0.2) is 0 Å². The summed E-state index contributed by atoms with van der Waals surface area (Å²) in [5.41, 5.74) is 6.90. The molecule has 0 aliphatic carbocycles. The Hall–Kier alpha value is -1.59. The summed E-state index contributed by atoms with van der Waals surface area (Å²) in [7, 11) is 0. The molecule has 4 aliphatic rings. The number of carbonyl (C=O) groups is 1. The lowest BCUT2D eigenvalue weighted by molar-refractivity contribution is -0.392. The predicted octanol–water partition coefficient (Wildman–Crippen LogP) is 2.88. The van der Waals surface area contributed by atoms with Crippen LogP contribution in [0.15, 0.2) is 12.2 Å². The number of ether oxygens (including phenoxy) is 8. The van der Waals surface area contributed by atoms with Crippen LogP contribution in [-0.4, -0.2) is 217 Å². The van der Waals surface area contributed by atoms with Crippen LogP contribution >= 0.6 is 0 Å². The highest BCUT2D eigenvalue weighted by atomic mass is 16.8. The van der Waals surface area contributed by atoms with E-state index in [2.05, 4.69) is 19.2 Å². The van der Waals surface area contributed by atoms with Crippen LogP contribution in [0.1, 0.15) is 195 Å². The number of unbranched alkanes of at least 4 members (excludes halogenated alkanes) is 23. The number of nitrogens with two attached hydrogens (primary N) is 1. The molecule has 4 rings (SSSR count). The van der Waals surface area contributed by atoms with E-state index in [1.807, 2.05) is 6.08 Å². The molecule has 80 heavy (non-hydrogen) atoms. The summed E-state index contributed by atoms with van der Waals surface area (Å²) in [4.78, 5) is 13.6. The minimum atomic E-state index is -1.93. The van der Waals surface area contributed by atoms with Crippen molar-refractivity contribution in [3.8, 4) is 0 Å². The van der Waals surface area contributed by atoms with E-state index in [9.17, 15) is 61.0 Å². The van der Waals surface area contributed by atoms with E-state index < -0.39 is 148 Å². The third-order valence-electron chi connectivity index (χ3n) is 16.2. The number of rotatable bonds is 40. The number of nitrogens with one attached hydrogen (secondary N) is 1. The number of hydrogen-bond acceptors (Lipinski definition) is 21. The zero-order valence-corrected chi connectivity index (χ0v) is 48.5. The maximum absolute atomic E-state index is 13.6. The lowest BCUT2D eigenvalue weighted by Crippen LogP contribution is -2.69. The average Bonchev–Trinajstić information content (AvgIpc) is 3.58. The van der Waals surface area contributed by atoms with Crippen LogP contribution < -0.4 is 11.1 Å². The molecule has 0 aromatic rings. The van der Waals surface area contributed by atoms with Crippen molar-refractivity contribution in [2.45, 2.75) is 330 Å². The fourth-order valence-corrected chi connectivity index (χ4v) is 10.9. The Balaban J connectivity index is 1.49. The molecule has 14 N–H and O–H groups in total. The summed E-state index contributed by atoms with van der Waals surface area (Å²) in [5, 5.41) is 122. The maximum atomic E-state index is 13.6. The Morgan fingerprint density at radius 2 is 0.925 bits per heavy atom. The zero-order chi connectivity index (χ0) is 58.6. The van der Waals surface area contributed by atoms with Gasteiger partial charge in [0, 0.05) is 6.42 Å².